The van der Waals surface area contributed by atoms with E-state index >= 15 is 0 Å². The van der Waals surface area contributed by atoms with Crippen molar-refractivity contribution >= 4 is 35.3 Å². The second-order valence-corrected chi connectivity index (χ2v) is 7.34. The summed E-state index contributed by atoms with van der Waals surface area (Å²) in [6.07, 6.45) is 1.46. The van der Waals surface area contributed by atoms with E-state index in [1.807, 2.05) is 0 Å². The Hall–Kier alpha value is -2.10. The Morgan fingerprint density at radius 1 is 1.23 bits per heavy atom. The van der Waals surface area contributed by atoms with Crippen molar-refractivity contribution in [3.05, 3.63) is 24.3 Å². The van der Waals surface area contributed by atoms with Crippen molar-refractivity contribution in [1.82, 2.24) is 0 Å². The van der Waals surface area contributed by atoms with E-state index in [1.54, 1.807) is 24.3 Å². The molecule has 0 fully saturated rings. The van der Waals surface area contributed by atoms with Crippen LogP contribution in [0, 0.1) is 11.8 Å². The van der Waals surface area contributed by atoms with Gasteiger partial charge in [0.25, 0.3) is 0 Å². The van der Waals surface area contributed by atoms with E-state index in [0.29, 0.717) is 30.0 Å². The lowest BCUT2D eigenvalue weighted by Gasteiger charge is -2.29. The summed E-state index contributed by atoms with van der Waals surface area (Å²) in [5.41, 5.74) is 12.1. The van der Waals surface area contributed by atoms with Crippen LogP contribution in [0.5, 0.6) is 0 Å². The Morgan fingerprint density at radius 2 is 1.92 bits per heavy atom. The molecule has 1 aromatic carbocycles. The summed E-state index contributed by atoms with van der Waals surface area (Å²) in [5.74, 6) is -4.89. The maximum Gasteiger partial charge on any atom is 0.323 e. The summed E-state index contributed by atoms with van der Waals surface area (Å²) < 4.78 is 0. The van der Waals surface area contributed by atoms with Crippen LogP contribution >= 0.6 is 11.8 Å². The fraction of sp³-hybridized carbons (Fsp3) is 0.471. The predicted octanol–water partition coefficient (Wildman–Crippen LogP) is 0.941. The summed E-state index contributed by atoms with van der Waals surface area (Å²) in [6, 6.07) is 6.85. The third kappa shape index (κ3) is 4.54. The van der Waals surface area contributed by atoms with Crippen LogP contribution in [0.1, 0.15) is 19.3 Å². The van der Waals surface area contributed by atoms with Gasteiger partial charge in [-0.2, -0.15) is 0 Å². The number of hydrogen-bond donors (Lipinski definition) is 4. The summed E-state index contributed by atoms with van der Waals surface area (Å²) in [5, 5.41) is 18.1. The molecule has 8 nitrogen and oxygen atoms in total. The molecule has 0 saturated carbocycles. The highest BCUT2D eigenvalue weighted by atomic mass is 32.2. The number of carbonyl (C=O) groups excluding carboxylic acids is 1. The van der Waals surface area contributed by atoms with Crippen molar-refractivity contribution in [2.75, 3.05) is 18.0 Å². The zero-order valence-corrected chi connectivity index (χ0v) is 15.0. The molecule has 0 saturated heterocycles. The van der Waals surface area contributed by atoms with E-state index in [0.717, 1.165) is 4.90 Å². The predicted molar refractivity (Wildman–Crippen MR) is 97.8 cm³/mol. The van der Waals surface area contributed by atoms with Gasteiger partial charge >= 0.3 is 11.9 Å². The van der Waals surface area contributed by atoms with E-state index in [4.69, 9.17) is 11.5 Å². The Balaban J connectivity index is 2.41. The SMILES string of the molecule is NCCCC[C@H](C(=O)O)[C@@H]1C(=O)N(CC(=O)O)c2ccccc2SC1N. The standard InChI is InChI=1S/C17H23N3O5S/c18-8-4-3-5-10(17(24)25)14-15(19)26-12-7-2-1-6-11(12)20(16(14)23)9-13(21)22/h1-2,6-7,10,14-15H,3-5,8-9,18-19H2,(H,21,22)(H,24,25)/t10-,14-,15?/m0/s1. The number of carbonyl (C=O) groups is 3. The van der Waals surface area contributed by atoms with Gasteiger partial charge in [0.15, 0.2) is 0 Å². The van der Waals surface area contributed by atoms with Gasteiger partial charge in [0.2, 0.25) is 5.91 Å². The average Bonchev–Trinajstić information content (AvgIpc) is 2.67. The number of unbranched alkanes of at least 4 members (excludes halogenated alkanes) is 1. The maximum atomic E-state index is 13.1. The number of rotatable bonds is 8. The molecule has 0 bridgehead atoms. The van der Waals surface area contributed by atoms with Gasteiger partial charge in [-0.15, -0.1) is 11.8 Å². The van der Waals surface area contributed by atoms with Crippen LogP contribution in [0.4, 0.5) is 5.69 Å². The molecule has 0 spiro atoms. The van der Waals surface area contributed by atoms with Crippen LogP contribution in [-0.4, -0.2) is 46.5 Å². The topological polar surface area (TPSA) is 147 Å². The highest BCUT2D eigenvalue weighted by Crippen LogP contribution is 2.41. The maximum absolute atomic E-state index is 13.1. The zero-order valence-electron chi connectivity index (χ0n) is 14.2. The molecule has 3 atom stereocenters. The van der Waals surface area contributed by atoms with Gasteiger partial charge in [0.05, 0.1) is 22.9 Å². The van der Waals surface area contributed by atoms with Crippen molar-refractivity contribution in [1.29, 1.82) is 0 Å². The van der Waals surface area contributed by atoms with E-state index in [9.17, 15) is 24.6 Å². The fourth-order valence-electron chi connectivity index (χ4n) is 3.10. The first-order valence-corrected chi connectivity index (χ1v) is 9.22. The number of benzene rings is 1. The second-order valence-electron chi connectivity index (χ2n) is 6.12. The lowest BCUT2D eigenvalue weighted by atomic mass is 9.86. The van der Waals surface area contributed by atoms with Gasteiger partial charge in [0, 0.05) is 4.90 Å². The molecule has 6 N–H and O–H groups in total. The van der Waals surface area contributed by atoms with Crippen LogP contribution in [0.2, 0.25) is 0 Å². The normalized spacial score (nSPS) is 21.0. The van der Waals surface area contributed by atoms with Crippen molar-refractivity contribution in [2.24, 2.45) is 23.3 Å². The van der Waals surface area contributed by atoms with Crippen LogP contribution in [0.15, 0.2) is 29.2 Å². The number of fused-ring (bicyclic) bond motifs is 1. The number of thioether (sulfide) groups is 1. The molecule has 1 amide bonds. The van der Waals surface area contributed by atoms with Crippen LogP contribution < -0.4 is 16.4 Å². The van der Waals surface area contributed by atoms with Gasteiger partial charge < -0.3 is 21.7 Å². The average molecular weight is 381 g/mol. The molecule has 0 aliphatic carbocycles. The number of anilines is 1. The Kier molecular flexibility index (Phi) is 7.01. The molecule has 1 aromatic rings. The quantitative estimate of drug-likeness (QED) is 0.486. The summed E-state index contributed by atoms with van der Waals surface area (Å²) in [7, 11) is 0. The molecule has 0 radical (unpaired) electrons. The van der Waals surface area contributed by atoms with Crippen molar-refractivity contribution in [3.63, 3.8) is 0 Å². The largest absolute Gasteiger partial charge is 0.481 e. The number of aliphatic carboxylic acids is 2. The first-order valence-electron chi connectivity index (χ1n) is 8.34. The lowest BCUT2D eigenvalue weighted by Crippen LogP contribution is -2.48. The lowest BCUT2D eigenvalue weighted by molar-refractivity contribution is -0.147. The summed E-state index contributed by atoms with van der Waals surface area (Å²) in [6.45, 7) is -0.114. The molecule has 1 aliphatic heterocycles. The number of nitrogens with zero attached hydrogens (tertiary/aromatic N) is 1. The number of hydrogen-bond acceptors (Lipinski definition) is 6. The van der Waals surface area contributed by atoms with Crippen LogP contribution in [0.3, 0.4) is 0 Å². The van der Waals surface area contributed by atoms with E-state index in [2.05, 4.69) is 0 Å². The molecular weight excluding hydrogens is 358 g/mol. The summed E-state index contributed by atoms with van der Waals surface area (Å²) >= 11 is 1.19. The molecule has 0 aromatic heterocycles. The molecule has 142 valence electrons. The van der Waals surface area contributed by atoms with Gasteiger partial charge in [-0.1, -0.05) is 18.6 Å². The Labute approximate surface area is 155 Å². The number of nitrogens with two attached hydrogens (primary N) is 2. The Bertz CT molecular complexity index is 684. The van der Waals surface area contributed by atoms with E-state index in [1.165, 1.54) is 11.8 Å². The third-order valence-electron chi connectivity index (χ3n) is 4.34. The highest BCUT2D eigenvalue weighted by molar-refractivity contribution is 8.00. The van der Waals surface area contributed by atoms with Crippen LogP contribution in [-0.2, 0) is 14.4 Å². The highest BCUT2D eigenvalue weighted by Gasteiger charge is 2.43. The number of para-hydroxylation sites is 1. The van der Waals surface area contributed by atoms with Gasteiger partial charge in [-0.25, -0.2) is 0 Å². The molecular formula is C17H23N3O5S. The van der Waals surface area contributed by atoms with Crippen molar-refractivity contribution in [3.8, 4) is 0 Å². The first-order chi connectivity index (χ1) is 12.4. The zero-order chi connectivity index (χ0) is 19.3. The fourth-order valence-corrected chi connectivity index (χ4v) is 4.31. The van der Waals surface area contributed by atoms with Crippen molar-refractivity contribution in [2.45, 2.75) is 29.5 Å². The molecule has 1 unspecified atom stereocenters. The van der Waals surface area contributed by atoms with Crippen LogP contribution in [0.25, 0.3) is 0 Å². The minimum atomic E-state index is -1.18. The summed E-state index contributed by atoms with van der Waals surface area (Å²) in [4.78, 5) is 38.0. The van der Waals surface area contributed by atoms with Crippen molar-refractivity contribution < 1.29 is 24.6 Å². The first kappa shape index (κ1) is 20.2. The molecule has 9 heteroatoms. The number of amides is 1. The molecule has 1 heterocycles. The van der Waals surface area contributed by atoms with Gasteiger partial charge in [-0.3, -0.25) is 19.3 Å². The van der Waals surface area contributed by atoms with E-state index < -0.39 is 41.6 Å². The minimum Gasteiger partial charge on any atom is -0.481 e. The molecule has 2 rings (SSSR count). The van der Waals surface area contributed by atoms with Gasteiger partial charge in [0.1, 0.15) is 6.54 Å². The molecule has 26 heavy (non-hydrogen) atoms. The smallest absolute Gasteiger partial charge is 0.323 e. The Morgan fingerprint density at radius 3 is 2.54 bits per heavy atom. The number of carboxylic acid groups (broad SMARTS) is 2. The van der Waals surface area contributed by atoms with Gasteiger partial charge in [-0.05, 0) is 31.5 Å². The molecule has 1 aliphatic rings. The van der Waals surface area contributed by atoms with E-state index in [-0.39, 0.29) is 6.42 Å². The second kappa shape index (κ2) is 9.02. The minimum absolute atomic E-state index is 0.258. The monoisotopic (exact) mass is 381 g/mol. The third-order valence-corrected chi connectivity index (χ3v) is 5.50. The number of carboxylic acids is 2.